The highest BCUT2D eigenvalue weighted by molar-refractivity contribution is 9.10. The van der Waals surface area contributed by atoms with Gasteiger partial charge >= 0.3 is 5.97 Å². The highest BCUT2D eigenvalue weighted by atomic mass is 79.9. The minimum atomic E-state index is -0.584. The maximum atomic E-state index is 12.2. The van der Waals surface area contributed by atoms with Crippen molar-refractivity contribution in [2.75, 3.05) is 33.9 Å². The van der Waals surface area contributed by atoms with Crippen molar-refractivity contribution in [3.8, 4) is 11.5 Å². The molecule has 6 nitrogen and oxygen atoms in total. The lowest BCUT2D eigenvalue weighted by atomic mass is 10.1. The smallest absolute Gasteiger partial charge is 0.338 e. The predicted octanol–water partition coefficient (Wildman–Crippen LogP) is 2.64. The minimum absolute atomic E-state index is 0.158. The number of nitrogens with zero attached hydrogens (tertiary/aromatic N) is 1. The number of piperidine rings is 1. The number of hydrogen-bond donors (Lipinski definition) is 0. The normalized spacial score (nSPS) is 14.3. The highest BCUT2D eigenvalue weighted by Crippen LogP contribution is 2.35. The fourth-order valence-corrected chi connectivity index (χ4v) is 2.99. The van der Waals surface area contributed by atoms with Gasteiger partial charge in [0.2, 0.25) is 0 Å². The van der Waals surface area contributed by atoms with Crippen molar-refractivity contribution < 1.29 is 23.8 Å². The zero-order valence-corrected chi connectivity index (χ0v) is 14.8. The van der Waals surface area contributed by atoms with Crippen LogP contribution in [0.5, 0.6) is 11.5 Å². The number of ether oxygens (including phenoxy) is 3. The van der Waals surface area contributed by atoms with Gasteiger partial charge in [0.05, 0.1) is 19.8 Å². The van der Waals surface area contributed by atoms with E-state index in [1.807, 2.05) is 0 Å². The lowest BCUT2D eigenvalue weighted by Gasteiger charge is -2.26. The van der Waals surface area contributed by atoms with Gasteiger partial charge in [-0.3, -0.25) is 4.79 Å². The molecule has 0 N–H and O–H groups in total. The molecule has 126 valence electrons. The first-order valence-electron chi connectivity index (χ1n) is 7.43. The Balaban J connectivity index is 2.01. The molecule has 1 aliphatic heterocycles. The van der Waals surface area contributed by atoms with Gasteiger partial charge in [0.15, 0.2) is 6.61 Å². The number of rotatable bonds is 5. The number of carbonyl (C=O) groups excluding carboxylic acids is 2. The number of likely N-dealkylation sites (tertiary alicyclic amines) is 1. The van der Waals surface area contributed by atoms with Gasteiger partial charge in [-0.1, -0.05) is 0 Å². The molecular weight excluding hydrogens is 366 g/mol. The summed E-state index contributed by atoms with van der Waals surface area (Å²) in [5.41, 5.74) is 0.272. The van der Waals surface area contributed by atoms with Gasteiger partial charge in [0.1, 0.15) is 16.0 Å². The topological polar surface area (TPSA) is 65.1 Å². The number of halogens is 1. The predicted molar refractivity (Wildman–Crippen MR) is 88.0 cm³/mol. The standard InChI is InChI=1S/C16H20BrNO5/c1-21-12-8-11(9-13(22-2)15(12)17)16(20)23-10-14(19)18-6-4-3-5-7-18/h8-9H,3-7,10H2,1-2H3. The molecule has 0 saturated carbocycles. The summed E-state index contributed by atoms with van der Waals surface area (Å²) < 4.78 is 16.1. The lowest BCUT2D eigenvalue weighted by molar-refractivity contribution is -0.135. The Morgan fingerprint density at radius 2 is 1.65 bits per heavy atom. The average molecular weight is 386 g/mol. The highest BCUT2D eigenvalue weighted by Gasteiger charge is 2.20. The van der Waals surface area contributed by atoms with Crippen molar-refractivity contribution in [3.63, 3.8) is 0 Å². The summed E-state index contributed by atoms with van der Waals surface area (Å²) in [6, 6.07) is 3.08. The molecule has 1 aromatic rings. The van der Waals surface area contributed by atoms with Crippen LogP contribution in [0.3, 0.4) is 0 Å². The van der Waals surface area contributed by atoms with Crippen LogP contribution in [0.4, 0.5) is 0 Å². The van der Waals surface area contributed by atoms with Gasteiger partial charge in [-0.25, -0.2) is 4.79 Å². The van der Waals surface area contributed by atoms with Crippen LogP contribution in [-0.4, -0.2) is 50.7 Å². The van der Waals surface area contributed by atoms with E-state index < -0.39 is 5.97 Å². The van der Waals surface area contributed by atoms with E-state index in [2.05, 4.69) is 15.9 Å². The van der Waals surface area contributed by atoms with Gasteiger partial charge < -0.3 is 19.1 Å². The lowest BCUT2D eigenvalue weighted by Crippen LogP contribution is -2.38. The first-order chi connectivity index (χ1) is 11.1. The first kappa shape index (κ1) is 17.6. The zero-order chi connectivity index (χ0) is 16.8. The molecule has 1 heterocycles. The van der Waals surface area contributed by atoms with E-state index in [0.717, 1.165) is 32.4 Å². The van der Waals surface area contributed by atoms with Crippen LogP contribution in [0.1, 0.15) is 29.6 Å². The maximum Gasteiger partial charge on any atom is 0.338 e. The maximum absolute atomic E-state index is 12.2. The van der Waals surface area contributed by atoms with Gasteiger partial charge in [-0.2, -0.15) is 0 Å². The third-order valence-electron chi connectivity index (χ3n) is 3.72. The average Bonchev–Trinajstić information content (AvgIpc) is 2.60. The van der Waals surface area contributed by atoms with Crippen LogP contribution in [0.15, 0.2) is 16.6 Å². The zero-order valence-electron chi connectivity index (χ0n) is 13.3. The monoisotopic (exact) mass is 385 g/mol. The number of benzene rings is 1. The quantitative estimate of drug-likeness (QED) is 0.728. The van der Waals surface area contributed by atoms with Crippen molar-refractivity contribution in [2.45, 2.75) is 19.3 Å². The Morgan fingerprint density at radius 3 is 2.17 bits per heavy atom. The van der Waals surface area contributed by atoms with Gasteiger partial charge in [-0.05, 0) is 47.3 Å². The number of methoxy groups -OCH3 is 2. The van der Waals surface area contributed by atoms with Gasteiger partial charge in [0, 0.05) is 13.1 Å². The Labute approximate surface area is 143 Å². The molecule has 7 heteroatoms. The van der Waals surface area contributed by atoms with Crippen molar-refractivity contribution in [1.82, 2.24) is 4.90 Å². The van der Waals surface area contributed by atoms with E-state index in [1.165, 1.54) is 14.2 Å². The van der Waals surface area contributed by atoms with Crippen LogP contribution in [0.25, 0.3) is 0 Å². The Kier molecular flexibility index (Phi) is 6.27. The fourth-order valence-electron chi connectivity index (χ4n) is 2.43. The van der Waals surface area contributed by atoms with Crippen molar-refractivity contribution in [3.05, 3.63) is 22.2 Å². The molecule has 0 radical (unpaired) electrons. The third kappa shape index (κ3) is 4.37. The molecule has 1 fully saturated rings. The molecule has 1 saturated heterocycles. The van der Waals surface area contributed by atoms with E-state index in [9.17, 15) is 9.59 Å². The summed E-state index contributed by atoms with van der Waals surface area (Å²) in [7, 11) is 2.99. The molecule has 0 bridgehead atoms. The van der Waals surface area contributed by atoms with E-state index in [1.54, 1.807) is 17.0 Å². The van der Waals surface area contributed by atoms with E-state index in [0.29, 0.717) is 16.0 Å². The molecular formula is C16H20BrNO5. The summed E-state index contributed by atoms with van der Waals surface area (Å²) in [5, 5.41) is 0. The van der Waals surface area contributed by atoms with Crippen LogP contribution >= 0.6 is 15.9 Å². The molecule has 1 aromatic carbocycles. The van der Waals surface area contributed by atoms with E-state index >= 15 is 0 Å². The summed E-state index contributed by atoms with van der Waals surface area (Å²) in [5.74, 6) is 0.172. The largest absolute Gasteiger partial charge is 0.495 e. The Morgan fingerprint density at radius 1 is 1.09 bits per heavy atom. The molecule has 0 aliphatic carbocycles. The number of hydrogen-bond acceptors (Lipinski definition) is 5. The van der Waals surface area contributed by atoms with Crippen LogP contribution < -0.4 is 9.47 Å². The molecule has 0 aromatic heterocycles. The Bertz CT molecular complexity index is 559. The molecule has 0 spiro atoms. The SMILES string of the molecule is COc1cc(C(=O)OCC(=O)N2CCCCC2)cc(OC)c1Br. The van der Waals surface area contributed by atoms with Gasteiger partial charge in [-0.15, -0.1) is 0 Å². The van der Waals surface area contributed by atoms with Crippen molar-refractivity contribution in [2.24, 2.45) is 0 Å². The van der Waals surface area contributed by atoms with Crippen molar-refractivity contribution >= 4 is 27.8 Å². The molecule has 1 aliphatic rings. The second-order valence-electron chi connectivity index (χ2n) is 5.21. The number of carbonyl (C=O) groups is 2. The second-order valence-corrected chi connectivity index (χ2v) is 6.01. The first-order valence-corrected chi connectivity index (χ1v) is 8.22. The van der Waals surface area contributed by atoms with E-state index in [-0.39, 0.29) is 18.1 Å². The summed E-state index contributed by atoms with van der Waals surface area (Å²) in [4.78, 5) is 25.9. The van der Waals surface area contributed by atoms with Crippen LogP contribution in [0, 0.1) is 0 Å². The molecule has 23 heavy (non-hydrogen) atoms. The second kappa shape index (κ2) is 8.19. The fraction of sp³-hybridized carbons (Fsp3) is 0.500. The molecule has 0 unspecified atom stereocenters. The van der Waals surface area contributed by atoms with Crippen LogP contribution in [-0.2, 0) is 9.53 Å². The number of amides is 1. The summed E-state index contributed by atoms with van der Waals surface area (Å²) in [6.45, 7) is 1.21. The molecule has 1 amide bonds. The van der Waals surface area contributed by atoms with Crippen LogP contribution in [0.2, 0.25) is 0 Å². The number of esters is 1. The van der Waals surface area contributed by atoms with Crippen molar-refractivity contribution in [1.29, 1.82) is 0 Å². The summed E-state index contributed by atoms with van der Waals surface area (Å²) >= 11 is 3.34. The molecule has 2 rings (SSSR count). The van der Waals surface area contributed by atoms with E-state index in [4.69, 9.17) is 14.2 Å². The summed E-state index contributed by atoms with van der Waals surface area (Å²) in [6.07, 6.45) is 3.14. The Hall–Kier alpha value is -1.76. The minimum Gasteiger partial charge on any atom is -0.495 e. The van der Waals surface area contributed by atoms with Gasteiger partial charge in [0.25, 0.3) is 5.91 Å². The third-order valence-corrected chi connectivity index (χ3v) is 4.50. The molecule has 0 atom stereocenters.